The maximum Gasteiger partial charge on any atom is 0.338 e. The second-order valence-electron chi connectivity index (χ2n) is 3.33. The van der Waals surface area contributed by atoms with Crippen molar-refractivity contribution in [3.05, 3.63) is 27.7 Å². The maximum absolute atomic E-state index is 11.5. The second kappa shape index (κ2) is 5.16. The molecular formula is C10H12BrNO4S. The van der Waals surface area contributed by atoms with Crippen molar-refractivity contribution >= 4 is 31.9 Å². The van der Waals surface area contributed by atoms with Gasteiger partial charge in [0.05, 0.1) is 17.6 Å². The molecule has 0 aromatic heterocycles. The Bertz CT molecular complexity index is 554. The third kappa shape index (κ3) is 3.05. The van der Waals surface area contributed by atoms with Crippen LogP contribution in [0.15, 0.2) is 21.5 Å². The Hall–Kier alpha value is -0.920. The highest BCUT2D eigenvalue weighted by atomic mass is 79.9. The highest BCUT2D eigenvalue weighted by Crippen LogP contribution is 2.26. The molecule has 1 aromatic carbocycles. The van der Waals surface area contributed by atoms with Gasteiger partial charge in [0, 0.05) is 4.47 Å². The van der Waals surface area contributed by atoms with Gasteiger partial charge in [0.1, 0.15) is 0 Å². The lowest BCUT2D eigenvalue weighted by Crippen LogP contribution is -2.15. The van der Waals surface area contributed by atoms with Gasteiger partial charge in [-0.15, -0.1) is 0 Å². The molecule has 94 valence electrons. The number of ether oxygens (including phenoxy) is 1. The van der Waals surface area contributed by atoms with Gasteiger partial charge in [0.25, 0.3) is 0 Å². The lowest BCUT2D eigenvalue weighted by Gasteiger charge is -2.10. The summed E-state index contributed by atoms with van der Waals surface area (Å²) in [5.74, 6) is -0.584. The first kappa shape index (κ1) is 14.1. The summed E-state index contributed by atoms with van der Waals surface area (Å²) in [4.78, 5) is 11.4. The van der Waals surface area contributed by atoms with Crippen molar-refractivity contribution in [2.75, 3.05) is 7.11 Å². The lowest BCUT2D eigenvalue weighted by atomic mass is 10.1. The lowest BCUT2D eigenvalue weighted by molar-refractivity contribution is 0.0599. The van der Waals surface area contributed by atoms with Crippen molar-refractivity contribution in [3.63, 3.8) is 0 Å². The van der Waals surface area contributed by atoms with Crippen molar-refractivity contribution in [1.82, 2.24) is 0 Å². The van der Waals surface area contributed by atoms with Crippen LogP contribution in [-0.2, 0) is 21.2 Å². The number of halogens is 1. The Balaban J connectivity index is 3.54. The zero-order chi connectivity index (χ0) is 13.2. The van der Waals surface area contributed by atoms with Crippen LogP contribution >= 0.6 is 15.9 Å². The molecule has 0 heterocycles. The van der Waals surface area contributed by atoms with E-state index in [9.17, 15) is 13.2 Å². The first-order valence-electron chi connectivity index (χ1n) is 4.74. The molecule has 0 aliphatic heterocycles. The van der Waals surface area contributed by atoms with E-state index >= 15 is 0 Å². The zero-order valence-corrected chi connectivity index (χ0v) is 11.8. The van der Waals surface area contributed by atoms with Crippen LogP contribution in [0.4, 0.5) is 0 Å². The van der Waals surface area contributed by atoms with Crippen LogP contribution in [0.25, 0.3) is 0 Å². The summed E-state index contributed by atoms with van der Waals surface area (Å²) < 4.78 is 27.6. The van der Waals surface area contributed by atoms with Crippen LogP contribution in [0.3, 0.4) is 0 Å². The maximum atomic E-state index is 11.5. The van der Waals surface area contributed by atoms with Gasteiger partial charge in [-0.1, -0.05) is 6.92 Å². The average Bonchev–Trinajstić information content (AvgIpc) is 2.25. The third-order valence-electron chi connectivity index (χ3n) is 2.25. The number of hydrogen-bond acceptors (Lipinski definition) is 4. The van der Waals surface area contributed by atoms with E-state index in [0.29, 0.717) is 16.5 Å². The number of hydrogen-bond donors (Lipinski definition) is 1. The molecule has 0 bridgehead atoms. The average molecular weight is 322 g/mol. The quantitative estimate of drug-likeness (QED) is 0.853. The van der Waals surface area contributed by atoms with Crippen molar-refractivity contribution in [3.8, 4) is 0 Å². The van der Waals surface area contributed by atoms with Gasteiger partial charge in [-0.3, -0.25) is 0 Å². The summed E-state index contributed by atoms with van der Waals surface area (Å²) in [6.07, 6.45) is 0.577. The van der Waals surface area contributed by atoms with E-state index in [2.05, 4.69) is 20.7 Å². The molecule has 0 radical (unpaired) electrons. The zero-order valence-electron chi connectivity index (χ0n) is 9.36. The minimum Gasteiger partial charge on any atom is -0.465 e. The van der Waals surface area contributed by atoms with Crippen molar-refractivity contribution in [2.45, 2.75) is 18.2 Å². The summed E-state index contributed by atoms with van der Waals surface area (Å²) in [5, 5.41) is 5.05. The fourth-order valence-electron chi connectivity index (χ4n) is 1.41. The summed E-state index contributed by atoms with van der Waals surface area (Å²) in [6.45, 7) is 1.85. The Morgan fingerprint density at radius 2 is 2.06 bits per heavy atom. The van der Waals surface area contributed by atoms with E-state index in [4.69, 9.17) is 5.14 Å². The van der Waals surface area contributed by atoms with Crippen LogP contribution in [-0.4, -0.2) is 21.5 Å². The van der Waals surface area contributed by atoms with Crippen LogP contribution in [0, 0.1) is 0 Å². The minimum atomic E-state index is -3.88. The normalized spacial score (nSPS) is 11.3. The van der Waals surface area contributed by atoms with Gasteiger partial charge in [-0.2, -0.15) is 0 Å². The summed E-state index contributed by atoms with van der Waals surface area (Å²) in [7, 11) is -2.64. The standard InChI is InChI=1S/C10H12BrNO4S/c1-3-6-4-8(11)9(17(12,14)15)5-7(6)10(13)16-2/h4-5H,3H2,1-2H3,(H2,12,14,15). The summed E-state index contributed by atoms with van der Waals surface area (Å²) in [6, 6.07) is 2.79. The molecule has 7 heteroatoms. The van der Waals surface area contributed by atoms with Crippen molar-refractivity contribution in [2.24, 2.45) is 5.14 Å². The Labute approximate surface area is 108 Å². The van der Waals surface area contributed by atoms with E-state index in [0.717, 1.165) is 0 Å². The van der Waals surface area contributed by atoms with Crippen LogP contribution in [0.1, 0.15) is 22.8 Å². The smallest absolute Gasteiger partial charge is 0.338 e. The summed E-state index contributed by atoms with van der Waals surface area (Å²) in [5.41, 5.74) is 0.901. The van der Waals surface area contributed by atoms with Gasteiger partial charge in [0.15, 0.2) is 0 Å². The molecule has 0 aliphatic carbocycles. The SMILES string of the molecule is CCc1cc(Br)c(S(N)(=O)=O)cc1C(=O)OC. The number of nitrogens with two attached hydrogens (primary N) is 1. The molecule has 0 saturated heterocycles. The molecule has 0 spiro atoms. The van der Waals surface area contributed by atoms with Crippen LogP contribution in [0.2, 0.25) is 0 Å². The number of primary sulfonamides is 1. The van der Waals surface area contributed by atoms with E-state index in [1.165, 1.54) is 13.2 Å². The van der Waals surface area contributed by atoms with Gasteiger partial charge >= 0.3 is 5.97 Å². The number of esters is 1. The largest absolute Gasteiger partial charge is 0.465 e. The van der Waals surface area contributed by atoms with E-state index < -0.39 is 16.0 Å². The Morgan fingerprint density at radius 3 is 2.47 bits per heavy atom. The highest BCUT2D eigenvalue weighted by molar-refractivity contribution is 9.10. The first-order chi connectivity index (χ1) is 7.81. The fraction of sp³-hybridized carbons (Fsp3) is 0.300. The predicted molar refractivity (Wildman–Crippen MR) is 66.2 cm³/mol. The van der Waals surface area contributed by atoms with Crippen LogP contribution < -0.4 is 5.14 Å². The molecular weight excluding hydrogens is 310 g/mol. The molecule has 0 amide bonds. The molecule has 1 rings (SSSR count). The molecule has 0 unspecified atom stereocenters. The Morgan fingerprint density at radius 1 is 1.47 bits per heavy atom. The number of methoxy groups -OCH3 is 1. The number of carbonyl (C=O) groups excluding carboxylic acids is 1. The fourth-order valence-corrected chi connectivity index (χ4v) is 3.09. The topological polar surface area (TPSA) is 86.5 Å². The van der Waals surface area contributed by atoms with Gasteiger partial charge in [-0.05, 0) is 40.0 Å². The van der Waals surface area contributed by atoms with Crippen molar-refractivity contribution in [1.29, 1.82) is 0 Å². The summed E-state index contributed by atoms with van der Waals surface area (Å²) >= 11 is 3.12. The molecule has 17 heavy (non-hydrogen) atoms. The highest BCUT2D eigenvalue weighted by Gasteiger charge is 2.19. The van der Waals surface area contributed by atoms with Crippen molar-refractivity contribution < 1.29 is 17.9 Å². The number of carbonyl (C=O) groups is 1. The minimum absolute atomic E-state index is 0.130. The molecule has 2 N–H and O–H groups in total. The van der Waals surface area contributed by atoms with E-state index in [1.54, 1.807) is 6.07 Å². The molecule has 0 atom stereocenters. The number of benzene rings is 1. The molecule has 0 saturated carbocycles. The molecule has 5 nitrogen and oxygen atoms in total. The van der Waals surface area contributed by atoms with Crippen LogP contribution in [0.5, 0.6) is 0 Å². The Kier molecular flexibility index (Phi) is 4.29. The monoisotopic (exact) mass is 321 g/mol. The number of aryl methyl sites for hydroxylation is 1. The molecule has 1 aromatic rings. The molecule has 0 aliphatic rings. The van der Waals surface area contributed by atoms with E-state index in [-0.39, 0.29) is 10.5 Å². The first-order valence-corrected chi connectivity index (χ1v) is 7.08. The third-order valence-corrected chi connectivity index (χ3v) is 4.12. The number of sulfonamides is 1. The van der Waals surface area contributed by atoms with Gasteiger partial charge in [0.2, 0.25) is 10.0 Å². The van der Waals surface area contributed by atoms with E-state index in [1.807, 2.05) is 6.92 Å². The van der Waals surface area contributed by atoms with Gasteiger partial charge in [-0.25, -0.2) is 18.4 Å². The molecule has 0 fully saturated rings. The second-order valence-corrected chi connectivity index (χ2v) is 5.71. The van der Waals surface area contributed by atoms with Gasteiger partial charge < -0.3 is 4.74 Å². The predicted octanol–water partition coefficient (Wildman–Crippen LogP) is 1.45. The number of rotatable bonds is 3.